The molecule has 190 valence electrons. The predicted molar refractivity (Wildman–Crippen MR) is 130 cm³/mol. The summed E-state index contributed by atoms with van der Waals surface area (Å²) in [6.45, 7) is -1.72. The number of nitrogens with zero attached hydrogens (tertiary/aromatic N) is 3. The summed E-state index contributed by atoms with van der Waals surface area (Å²) in [5, 5.41) is 34.7. The quantitative estimate of drug-likeness (QED) is 0.239. The van der Waals surface area contributed by atoms with Gasteiger partial charge < -0.3 is 26.0 Å². The number of rotatable bonds is 6. The van der Waals surface area contributed by atoms with Crippen molar-refractivity contribution in [1.82, 2.24) is 15.0 Å². The van der Waals surface area contributed by atoms with Crippen molar-refractivity contribution in [3.05, 3.63) is 52.1 Å². The maximum atomic E-state index is 12.7. The number of hydrogen-bond donors (Lipinski definition) is 5. The summed E-state index contributed by atoms with van der Waals surface area (Å²) in [7, 11) is 0. The number of alkyl halides is 3. The van der Waals surface area contributed by atoms with Gasteiger partial charge in [-0.05, 0) is 30.7 Å². The van der Waals surface area contributed by atoms with Crippen molar-refractivity contribution in [1.29, 1.82) is 0 Å². The second kappa shape index (κ2) is 11.0. The van der Waals surface area contributed by atoms with Gasteiger partial charge in [0.05, 0.1) is 27.6 Å². The topological polar surface area (TPSA) is 123 Å². The molecule has 8 nitrogen and oxygen atoms in total. The highest BCUT2D eigenvalue weighted by Gasteiger charge is 2.41. The summed E-state index contributed by atoms with van der Waals surface area (Å²) in [4.78, 5) is 13.8. The number of nitrogens with one attached hydrogen (secondary N) is 2. The number of thiophene rings is 1. The molecule has 3 aromatic rings. The highest BCUT2D eigenvalue weighted by Crippen LogP contribution is 2.32. The Balaban J connectivity index is 1.65. The fraction of sp³-hybridized carbons (Fsp3) is 0.348. The number of aliphatic hydroxyl groups excluding tert-OH is 3. The first kappa shape index (κ1) is 26.1. The molecule has 1 fully saturated rings. The first-order chi connectivity index (χ1) is 17.1. The van der Waals surface area contributed by atoms with Crippen molar-refractivity contribution in [2.75, 3.05) is 23.8 Å². The molecule has 3 aromatic heterocycles. The van der Waals surface area contributed by atoms with Crippen molar-refractivity contribution in [2.24, 2.45) is 5.92 Å². The van der Waals surface area contributed by atoms with Gasteiger partial charge in [-0.1, -0.05) is 29.5 Å². The third-order valence-electron chi connectivity index (χ3n) is 5.50. The zero-order valence-corrected chi connectivity index (χ0v) is 20.1. The van der Waals surface area contributed by atoms with Crippen LogP contribution < -0.4 is 10.6 Å². The molecule has 0 bridgehead atoms. The summed E-state index contributed by atoms with van der Waals surface area (Å²) in [6, 6.07) is 8.45. The maximum Gasteiger partial charge on any atom is 0.405 e. The van der Waals surface area contributed by atoms with Gasteiger partial charge in [0, 0.05) is 18.7 Å². The molecule has 1 aliphatic rings. The van der Waals surface area contributed by atoms with E-state index in [1.165, 1.54) is 11.3 Å². The second-order valence-corrected chi connectivity index (χ2v) is 9.51. The van der Waals surface area contributed by atoms with Crippen LogP contribution in [0.15, 0.2) is 36.5 Å². The van der Waals surface area contributed by atoms with Gasteiger partial charge in [-0.2, -0.15) is 23.1 Å². The first-order valence-electron chi connectivity index (χ1n) is 10.8. The molecule has 0 saturated heterocycles. The Labute approximate surface area is 213 Å². The lowest BCUT2D eigenvalue weighted by molar-refractivity contribution is -0.115. The maximum absolute atomic E-state index is 12.7. The highest BCUT2D eigenvalue weighted by molar-refractivity contribution is 7.16. The third kappa shape index (κ3) is 6.24. The Morgan fingerprint density at radius 2 is 1.92 bits per heavy atom. The number of aliphatic hydroxyl groups is 3. The summed E-state index contributed by atoms with van der Waals surface area (Å²) < 4.78 is 38.0. The van der Waals surface area contributed by atoms with Crippen molar-refractivity contribution >= 4 is 34.7 Å². The summed E-state index contributed by atoms with van der Waals surface area (Å²) in [6.07, 6.45) is -5.07. The van der Waals surface area contributed by atoms with Gasteiger partial charge in [-0.3, -0.25) is 4.98 Å². The van der Waals surface area contributed by atoms with E-state index in [2.05, 4.69) is 37.4 Å². The van der Waals surface area contributed by atoms with E-state index in [4.69, 9.17) is 11.6 Å². The van der Waals surface area contributed by atoms with Gasteiger partial charge in [0.25, 0.3) is 0 Å². The van der Waals surface area contributed by atoms with Gasteiger partial charge >= 0.3 is 6.18 Å². The minimum absolute atomic E-state index is 0.0106. The SMILES string of the molecule is OC[C@H]1C[C@@H](Nc2nc(NCC(F)(F)F)nc(Cl)c2C#Cc2ccc(-c3ccccn3)s2)[C@H](O)[C@@H]1O. The number of hydrogen-bond acceptors (Lipinski definition) is 9. The van der Waals surface area contributed by atoms with Crippen molar-refractivity contribution in [3.8, 4) is 22.4 Å². The van der Waals surface area contributed by atoms with Crippen LogP contribution in [0.4, 0.5) is 24.9 Å². The van der Waals surface area contributed by atoms with E-state index in [0.29, 0.717) is 4.88 Å². The Bertz CT molecular complexity index is 1270. The molecule has 0 spiro atoms. The number of pyridine rings is 1. The Hall–Kier alpha value is -2.95. The average molecular weight is 540 g/mol. The van der Waals surface area contributed by atoms with Crippen LogP contribution in [0.1, 0.15) is 16.9 Å². The minimum Gasteiger partial charge on any atom is -0.396 e. The Kier molecular flexibility index (Phi) is 7.97. The summed E-state index contributed by atoms with van der Waals surface area (Å²) in [5.74, 6) is 4.85. The van der Waals surface area contributed by atoms with Crippen LogP contribution in [0.2, 0.25) is 5.15 Å². The average Bonchev–Trinajstić information content (AvgIpc) is 3.42. The summed E-state index contributed by atoms with van der Waals surface area (Å²) in [5.41, 5.74) is 0.891. The summed E-state index contributed by atoms with van der Waals surface area (Å²) >= 11 is 7.67. The lowest BCUT2D eigenvalue weighted by Crippen LogP contribution is -2.36. The van der Waals surface area contributed by atoms with Crippen molar-refractivity contribution in [3.63, 3.8) is 0 Å². The molecule has 0 aliphatic heterocycles. The highest BCUT2D eigenvalue weighted by atomic mass is 35.5. The van der Waals surface area contributed by atoms with Crippen LogP contribution in [-0.2, 0) is 0 Å². The lowest BCUT2D eigenvalue weighted by atomic mass is 10.1. The number of halogens is 4. The van der Waals surface area contributed by atoms with E-state index in [0.717, 1.165) is 10.6 Å². The van der Waals surface area contributed by atoms with E-state index in [-0.39, 0.29) is 35.5 Å². The van der Waals surface area contributed by atoms with Crippen LogP contribution in [0.3, 0.4) is 0 Å². The molecule has 36 heavy (non-hydrogen) atoms. The number of anilines is 2. The molecule has 1 aliphatic carbocycles. The zero-order chi connectivity index (χ0) is 25.9. The first-order valence-corrected chi connectivity index (χ1v) is 12.0. The molecule has 3 heterocycles. The van der Waals surface area contributed by atoms with Crippen molar-refractivity contribution < 1.29 is 28.5 Å². The van der Waals surface area contributed by atoms with E-state index < -0.39 is 36.9 Å². The van der Waals surface area contributed by atoms with E-state index >= 15 is 0 Å². The monoisotopic (exact) mass is 539 g/mol. The van der Waals surface area contributed by atoms with E-state index in [1.807, 2.05) is 24.3 Å². The molecule has 4 atom stereocenters. The minimum atomic E-state index is -4.51. The van der Waals surface area contributed by atoms with Crippen LogP contribution in [-0.4, -0.2) is 67.8 Å². The molecule has 1 saturated carbocycles. The molecular weight excluding hydrogens is 519 g/mol. The molecule has 13 heteroatoms. The van der Waals surface area contributed by atoms with E-state index in [1.54, 1.807) is 12.3 Å². The van der Waals surface area contributed by atoms with Crippen LogP contribution in [0.25, 0.3) is 10.6 Å². The zero-order valence-electron chi connectivity index (χ0n) is 18.5. The number of aromatic nitrogens is 3. The largest absolute Gasteiger partial charge is 0.405 e. The fourth-order valence-corrected chi connectivity index (χ4v) is 4.76. The van der Waals surface area contributed by atoms with Gasteiger partial charge in [-0.25, -0.2) is 0 Å². The molecule has 5 N–H and O–H groups in total. The molecule has 0 amide bonds. The van der Waals surface area contributed by atoms with Gasteiger partial charge in [0.2, 0.25) is 5.95 Å². The predicted octanol–water partition coefficient (Wildman–Crippen LogP) is 3.14. The van der Waals surface area contributed by atoms with Crippen LogP contribution >= 0.6 is 22.9 Å². The molecule has 0 radical (unpaired) electrons. The Morgan fingerprint density at radius 3 is 2.58 bits per heavy atom. The van der Waals surface area contributed by atoms with Gasteiger partial charge in [-0.15, -0.1) is 11.3 Å². The molecule has 0 aromatic carbocycles. The normalized spacial score (nSPS) is 21.6. The smallest absolute Gasteiger partial charge is 0.396 e. The van der Waals surface area contributed by atoms with E-state index in [9.17, 15) is 28.5 Å². The van der Waals surface area contributed by atoms with Crippen molar-refractivity contribution in [2.45, 2.75) is 30.8 Å². The molecule has 4 rings (SSSR count). The van der Waals surface area contributed by atoms with Crippen LogP contribution in [0.5, 0.6) is 0 Å². The second-order valence-electron chi connectivity index (χ2n) is 8.07. The fourth-order valence-electron chi connectivity index (χ4n) is 3.71. The standard InChI is InChI=1S/C23H21ClF3N5O3S/c24-20-14(6-4-13-5-7-17(36-13)15-3-1-2-8-28-15)21(32-22(31-20)29-11-23(25,26)27)30-16-9-12(10-33)18(34)19(16)35/h1-3,5,7-8,12,16,18-19,33-35H,9-11H2,(H2,29,30,31,32)/t12-,16-,18-,19+/m1/s1. The van der Waals surface area contributed by atoms with Gasteiger partial charge in [0.15, 0.2) is 5.15 Å². The Morgan fingerprint density at radius 1 is 1.11 bits per heavy atom. The molecule has 0 unspecified atom stereocenters. The molecular formula is C23H21ClF3N5O3S. The van der Waals surface area contributed by atoms with Gasteiger partial charge in [0.1, 0.15) is 24.0 Å². The van der Waals surface area contributed by atoms with Crippen LogP contribution in [0, 0.1) is 17.8 Å². The lowest BCUT2D eigenvalue weighted by Gasteiger charge is -2.20. The third-order valence-corrected chi connectivity index (χ3v) is 6.80.